The third-order valence-corrected chi connectivity index (χ3v) is 5.69. The van der Waals surface area contributed by atoms with Crippen molar-refractivity contribution in [3.8, 4) is 11.5 Å². The van der Waals surface area contributed by atoms with E-state index in [1.54, 1.807) is 27.9 Å². The van der Waals surface area contributed by atoms with Crippen LogP contribution in [0.15, 0.2) is 78.9 Å². The first kappa shape index (κ1) is 29.4. The highest BCUT2D eigenvalue weighted by molar-refractivity contribution is 5.69. The first-order valence-corrected chi connectivity index (χ1v) is 13.0. The second-order valence-electron chi connectivity index (χ2n) is 10.0. The minimum Gasteiger partial charge on any atom is -0.493 e. The van der Waals surface area contributed by atoms with E-state index in [1.165, 1.54) is 4.90 Å². The largest absolute Gasteiger partial charge is 0.493 e. The highest BCUT2D eigenvalue weighted by atomic mass is 16.6. The SMILES string of the molecule is COc1cc(CN(CCNC(=O)OC(C)(C)C)C(=O)OC(C)c2ccccc2)ccc1OCc1ccccc1. The highest BCUT2D eigenvalue weighted by Crippen LogP contribution is 2.29. The molecule has 8 heteroatoms. The molecule has 39 heavy (non-hydrogen) atoms. The Kier molecular flexibility index (Phi) is 10.6. The monoisotopic (exact) mass is 534 g/mol. The first-order chi connectivity index (χ1) is 18.6. The number of nitrogens with zero attached hydrogens (tertiary/aromatic N) is 1. The second kappa shape index (κ2) is 14.1. The molecule has 0 aliphatic carbocycles. The van der Waals surface area contributed by atoms with E-state index in [4.69, 9.17) is 18.9 Å². The van der Waals surface area contributed by atoms with Crippen molar-refractivity contribution in [2.45, 2.75) is 52.6 Å². The molecule has 2 amide bonds. The lowest BCUT2D eigenvalue weighted by Crippen LogP contribution is -2.40. The van der Waals surface area contributed by atoms with Gasteiger partial charge in [-0.15, -0.1) is 0 Å². The van der Waals surface area contributed by atoms with Crippen LogP contribution in [0.5, 0.6) is 11.5 Å². The summed E-state index contributed by atoms with van der Waals surface area (Å²) < 4.78 is 22.6. The van der Waals surface area contributed by atoms with Crippen molar-refractivity contribution in [1.29, 1.82) is 0 Å². The lowest BCUT2D eigenvalue weighted by molar-refractivity contribution is 0.0498. The summed E-state index contributed by atoms with van der Waals surface area (Å²) in [5.41, 5.74) is 2.14. The zero-order valence-electron chi connectivity index (χ0n) is 23.3. The van der Waals surface area contributed by atoms with Gasteiger partial charge in [-0.2, -0.15) is 0 Å². The molecule has 3 aromatic rings. The van der Waals surface area contributed by atoms with E-state index in [0.29, 0.717) is 18.1 Å². The lowest BCUT2D eigenvalue weighted by atomic mass is 10.1. The summed E-state index contributed by atoms with van der Waals surface area (Å²) >= 11 is 0. The number of nitrogens with one attached hydrogen (secondary N) is 1. The van der Waals surface area contributed by atoms with Gasteiger partial charge in [0.05, 0.1) is 7.11 Å². The predicted molar refractivity (Wildman–Crippen MR) is 150 cm³/mol. The van der Waals surface area contributed by atoms with Crippen LogP contribution < -0.4 is 14.8 Å². The topological polar surface area (TPSA) is 86.3 Å². The van der Waals surface area contributed by atoms with Crippen LogP contribution in [0.2, 0.25) is 0 Å². The van der Waals surface area contributed by atoms with E-state index in [0.717, 1.165) is 16.7 Å². The van der Waals surface area contributed by atoms with Crippen molar-refractivity contribution < 1.29 is 28.5 Å². The summed E-state index contributed by atoms with van der Waals surface area (Å²) in [7, 11) is 1.58. The number of methoxy groups -OCH3 is 1. The molecule has 1 N–H and O–H groups in total. The molecule has 0 radical (unpaired) electrons. The van der Waals surface area contributed by atoms with Crippen LogP contribution in [0.25, 0.3) is 0 Å². The van der Waals surface area contributed by atoms with Gasteiger partial charge >= 0.3 is 12.2 Å². The molecule has 0 aliphatic heterocycles. The third kappa shape index (κ3) is 9.89. The maximum atomic E-state index is 13.2. The fourth-order valence-corrected chi connectivity index (χ4v) is 3.75. The predicted octanol–water partition coefficient (Wildman–Crippen LogP) is 6.50. The first-order valence-electron chi connectivity index (χ1n) is 13.0. The smallest absolute Gasteiger partial charge is 0.410 e. The quantitative estimate of drug-likeness (QED) is 0.302. The normalized spacial score (nSPS) is 11.7. The van der Waals surface area contributed by atoms with E-state index in [-0.39, 0.29) is 19.6 Å². The standard InChI is InChI=1S/C31H38N2O6/c1-23(26-14-10-7-11-15-26)38-30(35)33(19-18-32-29(34)39-31(2,3)4)21-25-16-17-27(28(20-25)36-5)37-22-24-12-8-6-9-13-24/h6-17,20,23H,18-19,21-22H2,1-5H3,(H,32,34). The van der Waals surface area contributed by atoms with Crippen molar-refractivity contribution in [3.63, 3.8) is 0 Å². The molecule has 0 fully saturated rings. The van der Waals surface area contributed by atoms with Crippen LogP contribution in [-0.2, 0) is 22.6 Å². The molecule has 0 aromatic heterocycles. The van der Waals surface area contributed by atoms with Crippen molar-refractivity contribution >= 4 is 12.2 Å². The van der Waals surface area contributed by atoms with Crippen molar-refractivity contribution in [2.75, 3.05) is 20.2 Å². The number of carbonyl (C=O) groups is 2. The van der Waals surface area contributed by atoms with E-state index >= 15 is 0 Å². The van der Waals surface area contributed by atoms with Gasteiger partial charge in [0.25, 0.3) is 0 Å². The van der Waals surface area contributed by atoms with Crippen LogP contribution >= 0.6 is 0 Å². The Hall–Kier alpha value is -4.20. The number of benzene rings is 3. The van der Waals surface area contributed by atoms with E-state index < -0.39 is 23.9 Å². The summed E-state index contributed by atoms with van der Waals surface area (Å²) in [6.45, 7) is 8.26. The Labute approximate surface area is 230 Å². The van der Waals surface area contributed by atoms with Gasteiger partial charge in [-0.3, -0.25) is 0 Å². The van der Waals surface area contributed by atoms with Crippen LogP contribution in [-0.4, -0.2) is 42.9 Å². The minimum atomic E-state index is -0.616. The fraction of sp³-hybridized carbons (Fsp3) is 0.355. The van der Waals surface area contributed by atoms with Crippen LogP contribution in [0.1, 0.15) is 50.5 Å². The van der Waals surface area contributed by atoms with Gasteiger partial charge in [0.1, 0.15) is 18.3 Å². The number of carbonyl (C=O) groups excluding carboxylic acids is 2. The van der Waals surface area contributed by atoms with Gasteiger partial charge in [0, 0.05) is 19.6 Å². The molecule has 0 saturated carbocycles. The number of hydrogen-bond donors (Lipinski definition) is 1. The summed E-state index contributed by atoms with van der Waals surface area (Å²) in [6.07, 6.45) is -1.49. The average molecular weight is 535 g/mol. The zero-order valence-corrected chi connectivity index (χ0v) is 23.3. The molecule has 208 valence electrons. The molecule has 0 bridgehead atoms. The fourth-order valence-electron chi connectivity index (χ4n) is 3.75. The molecule has 1 unspecified atom stereocenters. The van der Waals surface area contributed by atoms with Crippen LogP contribution in [0.3, 0.4) is 0 Å². The maximum Gasteiger partial charge on any atom is 0.410 e. The molecular weight excluding hydrogens is 496 g/mol. The summed E-state index contributed by atoms with van der Waals surface area (Å²) in [6, 6.07) is 24.9. The summed E-state index contributed by atoms with van der Waals surface area (Å²) in [5, 5.41) is 2.70. The van der Waals surface area contributed by atoms with Crippen molar-refractivity contribution in [2.24, 2.45) is 0 Å². The minimum absolute atomic E-state index is 0.194. The number of rotatable bonds is 11. The number of hydrogen-bond acceptors (Lipinski definition) is 6. The van der Waals surface area contributed by atoms with Gasteiger partial charge in [0.2, 0.25) is 0 Å². The number of amides is 2. The molecular formula is C31H38N2O6. The zero-order chi connectivity index (χ0) is 28.3. The molecule has 1 atom stereocenters. The molecule has 3 rings (SSSR count). The Morgan fingerprint density at radius 3 is 2.21 bits per heavy atom. The molecule has 0 spiro atoms. The van der Waals surface area contributed by atoms with Crippen LogP contribution in [0, 0.1) is 0 Å². The average Bonchev–Trinajstić information content (AvgIpc) is 2.91. The molecule has 0 saturated heterocycles. The number of alkyl carbamates (subject to hydrolysis) is 1. The van der Waals surface area contributed by atoms with E-state index in [2.05, 4.69) is 5.32 Å². The second-order valence-corrected chi connectivity index (χ2v) is 10.0. The Morgan fingerprint density at radius 1 is 0.897 bits per heavy atom. The van der Waals surface area contributed by atoms with Gasteiger partial charge in [0.15, 0.2) is 11.5 Å². The van der Waals surface area contributed by atoms with Crippen molar-refractivity contribution in [1.82, 2.24) is 10.2 Å². The Morgan fingerprint density at radius 2 is 1.56 bits per heavy atom. The molecule has 8 nitrogen and oxygen atoms in total. The van der Waals surface area contributed by atoms with Gasteiger partial charge in [-0.1, -0.05) is 66.7 Å². The number of ether oxygens (including phenoxy) is 4. The lowest BCUT2D eigenvalue weighted by Gasteiger charge is -2.25. The van der Waals surface area contributed by atoms with E-state index in [1.807, 2.05) is 85.8 Å². The van der Waals surface area contributed by atoms with Crippen LogP contribution in [0.4, 0.5) is 9.59 Å². The highest BCUT2D eigenvalue weighted by Gasteiger charge is 2.21. The van der Waals surface area contributed by atoms with E-state index in [9.17, 15) is 9.59 Å². The summed E-state index contributed by atoms with van der Waals surface area (Å²) in [4.78, 5) is 26.9. The van der Waals surface area contributed by atoms with Gasteiger partial charge in [-0.25, -0.2) is 9.59 Å². The third-order valence-electron chi connectivity index (χ3n) is 5.69. The molecule has 0 heterocycles. The van der Waals surface area contributed by atoms with Crippen molar-refractivity contribution in [3.05, 3.63) is 95.6 Å². The molecule has 3 aromatic carbocycles. The van der Waals surface area contributed by atoms with Gasteiger partial charge in [-0.05, 0) is 56.5 Å². The summed E-state index contributed by atoms with van der Waals surface area (Å²) in [5.74, 6) is 1.16. The van der Waals surface area contributed by atoms with Gasteiger partial charge < -0.3 is 29.2 Å². The Bertz CT molecular complexity index is 1190. The molecule has 0 aliphatic rings. The maximum absolute atomic E-state index is 13.2. The Balaban J connectivity index is 1.70.